The summed E-state index contributed by atoms with van der Waals surface area (Å²) in [7, 11) is 0. The van der Waals surface area contributed by atoms with Gasteiger partial charge in [-0.15, -0.1) is 0 Å². The first-order valence-electron chi connectivity index (χ1n) is 3.48. The number of rotatable bonds is 3. The topological polar surface area (TPSA) is 43.4 Å². The summed E-state index contributed by atoms with van der Waals surface area (Å²) in [5, 5.41) is 0. The van der Waals surface area contributed by atoms with Crippen LogP contribution in [0.5, 0.6) is 0 Å². The minimum atomic E-state index is -0.636. The first kappa shape index (κ1) is 9.88. The third kappa shape index (κ3) is 4.31. The molecule has 62 valence electrons. The Balaban J connectivity index is 3.76. The van der Waals surface area contributed by atoms with Gasteiger partial charge in [0, 0.05) is 12.0 Å². The van der Waals surface area contributed by atoms with Gasteiger partial charge in [0.1, 0.15) is 0 Å². The van der Waals surface area contributed by atoms with Gasteiger partial charge >= 0.3 is 11.9 Å². The Morgan fingerprint density at radius 2 is 2.00 bits per heavy atom. The summed E-state index contributed by atoms with van der Waals surface area (Å²) in [4.78, 5) is 21.4. The molecule has 0 heterocycles. The first-order chi connectivity index (χ1) is 5.07. The summed E-state index contributed by atoms with van der Waals surface area (Å²) in [5.41, 5.74) is 0.245. The van der Waals surface area contributed by atoms with Crippen LogP contribution in [0.25, 0.3) is 0 Å². The molecular weight excluding hydrogens is 144 g/mol. The Hall–Kier alpha value is -1.12. The van der Waals surface area contributed by atoms with Crippen molar-refractivity contribution >= 4 is 11.9 Å². The fourth-order valence-corrected chi connectivity index (χ4v) is 0.446. The first-order valence-corrected chi connectivity index (χ1v) is 3.48. The minimum absolute atomic E-state index is 0.245. The lowest BCUT2D eigenvalue weighted by atomic mass is 10.3. The zero-order valence-electron chi connectivity index (χ0n) is 6.85. The third-order valence-corrected chi connectivity index (χ3v) is 1.01. The molecule has 0 aliphatic heterocycles. The molecule has 0 aromatic rings. The monoisotopic (exact) mass is 156 g/mol. The van der Waals surface area contributed by atoms with Gasteiger partial charge in [0.25, 0.3) is 0 Å². The minimum Gasteiger partial charge on any atom is -0.390 e. The number of ether oxygens (including phenoxy) is 1. The van der Waals surface area contributed by atoms with Crippen LogP contribution in [0.4, 0.5) is 0 Å². The number of hydrogen-bond acceptors (Lipinski definition) is 3. The van der Waals surface area contributed by atoms with Crippen LogP contribution in [0.1, 0.15) is 26.7 Å². The van der Waals surface area contributed by atoms with E-state index < -0.39 is 11.9 Å². The molecule has 0 rings (SSSR count). The van der Waals surface area contributed by atoms with Crippen molar-refractivity contribution in [1.29, 1.82) is 0 Å². The van der Waals surface area contributed by atoms with E-state index in [0.717, 1.165) is 0 Å². The highest BCUT2D eigenvalue weighted by Crippen LogP contribution is 1.96. The largest absolute Gasteiger partial charge is 0.390 e. The lowest BCUT2D eigenvalue weighted by molar-refractivity contribution is -0.156. The zero-order chi connectivity index (χ0) is 8.85. The molecule has 0 aromatic heterocycles. The Kier molecular flexibility index (Phi) is 4.18. The van der Waals surface area contributed by atoms with Crippen LogP contribution < -0.4 is 0 Å². The van der Waals surface area contributed by atoms with Crippen LogP contribution in [-0.2, 0) is 14.3 Å². The van der Waals surface area contributed by atoms with Gasteiger partial charge in [-0.1, -0.05) is 13.5 Å². The van der Waals surface area contributed by atoms with E-state index in [2.05, 4.69) is 11.3 Å². The molecule has 0 atom stereocenters. The molecule has 0 bridgehead atoms. The number of carbonyl (C=O) groups is 2. The van der Waals surface area contributed by atoms with E-state index in [0.29, 0.717) is 6.42 Å². The maximum Gasteiger partial charge on any atom is 0.340 e. The van der Waals surface area contributed by atoms with E-state index in [9.17, 15) is 9.59 Å². The lowest BCUT2D eigenvalue weighted by Crippen LogP contribution is -2.11. The highest BCUT2D eigenvalue weighted by atomic mass is 16.6. The molecule has 0 unspecified atom stereocenters. The normalized spacial score (nSPS) is 8.91. The molecule has 0 saturated heterocycles. The molecule has 0 N–H and O–H groups in total. The summed E-state index contributed by atoms with van der Waals surface area (Å²) >= 11 is 0. The Morgan fingerprint density at radius 3 is 2.36 bits per heavy atom. The van der Waals surface area contributed by atoms with E-state index in [1.807, 2.05) is 6.92 Å². The van der Waals surface area contributed by atoms with Crippen molar-refractivity contribution in [2.24, 2.45) is 0 Å². The van der Waals surface area contributed by atoms with Crippen molar-refractivity contribution in [2.75, 3.05) is 0 Å². The fourth-order valence-electron chi connectivity index (χ4n) is 0.446. The summed E-state index contributed by atoms with van der Waals surface area (Å²) in [6.07, 6.45) is 0.960. The zero-order valence-corrected chi connectivity index (χ0v) is 6.85. The van der Waals surface area contributed by atoms with Gasteiger partial charge in [0.05, 0.1) is 0 Å². The molecule has 0 aromatic carbocycles. The summed E-state index contributed by atoms with van der Waals surface area (Å²) in [6, 6.07) is 0. The fraction of sp³-hybridized carbons (Fsp3) is 0.500. The number of hydrogen-bond donors (Lipinski definition) is 0. The van der Waals surface area contributed by atoms with Crippen LogP contribution in [0.2, 0.25) is 0 Å². The molecule has 0 spiro atoms. The lowest BCUT2D eigenvalue weighted by Gasteiger charge is -1.99. The Morgan fingerprint density at radius 1 is 1.45 bits per heavy atom. The van der Waals surface area contributed by atoms with Crippen LogP contribution >= 0.6 is 0 Å². The molecule has 3 nitrogen and oxygen atoms in total. The van der Waals surface area contributed by atoms with E-state index in [-0.39, 0.29) is 12.0 Å². The summed E-state index contributed by atoms with van der Waals surface area (Å²) in [6.45, 7) is 6.68. The van der Waals surface area contributed by atoms with Gasteiger partial charge in [0.2, 0.25) is 0 Å². The van der Waals surface area contributed by atoms with Gasteiger partial charge in [-0.25, -0.2) is 4.79 Å². The maximum absolute atomic E-state index is 10.7. The maximum atomic E-state index is 10.7. The quantitative estimate of drug-likeness (QED) is 0.352. The molecule has 0 amide bonds. The SMILES string of the molecule is C=C(C)C(=O)OC(=O)CCC. The molecule has 0 aliphatic carbocycles. The molecular formula is C8H12O3. The highest BCUT2D eigenvalue weighted by Gasteiger charge is 2.08. The van der Waals surface area contributed by atoms with E-state index in [1.54, 1.807) is 0 Å². The average molecular weight is 156 g/mol. The summed E-state index contributed by atoms with van der Waals surface area (Å²) < 4.78 is 4.37. The second kappa shape index (κ2) is 4.66. The average Bonchev–Trinajstić information content (AvgIpc) is 1.87. The summed E-state index contributed by atoms with van der Waals surface area (Å²) in [5.74, 6) is -1.12. The Bertz CT molecular complexity index is 182. The van der Waals surface area contributed by atoms with Crippen molar-refractivity contribution in [3.05, 3.63) is 12.2 Å². The van der Waals surface area contributed by atoms with Gasteiger partial charge in [-0.3, -0.25) is 4.79 Å². The van der Waals surface area contributed by atoms with E-state index in [1.165, 1.54) is 6.92 Å². The van der Waals surface area contributed by atoms with Crippen molar-refractivity contribution < 1.29 is 14.3 Å². The Labute approximate surface area is 66.0 Å². The van der Waals surface area contributed by atoms with Gasteiger partial charge in [-0.2, -0.15) is 0 Å². The van der Waals surface area contributed by atoms with Crippen molar-refractivity contribution in [1.82, 2.24) is 0 Å². The predicted octanol–water partition coefficient (Wildman–Crippen LogP) is 1.43. The predicted molar refractivity (Wildman–Crippen MR) is 40.8 cm³/mol. The smallest absolute Gasteiger partial charge is 0.340 e. The van der Waals surface area contributed by atoms with Crippen LogP contribution in [-0.4, -0.2) is 11.9 Å². The molecule has 0 fully saturated rings. The number of carbonyl (C=O) groups excluding carboxylic acids is 2. The highest BCUT2D eigenvalue weighted by molar-refractivity contribution is 5.95. The van der Waals surface area contributed by atoms with Gasteiger partial charge in [0.15, 0.2) is 0 Å². The van der Waals surface area contributed by atoms with E-state index >= 15 is 0 Å². The van der Waals surface area contributed by atoms with Crippen LogP contribution in [0.15, 0.2) is 12.2 Å². The second-order valence-electron chi connectivity index (χ2n) is 2.29. The molecule has 0 saturated carbocycles. The standard InChI is InChI=1S/C8H12O3/c1-4-5-7(9)11-8(10)6(2)3/h2,4-5H2,1,3H3. The van der Waals surface area contributed by atoms with Crippen molar-refractivity contribution in [3.63, 3.8) is 0 Å². The second-order valence-corrected chi connectivity index (χ2v) is 2.29. The van der Waals surface area contributed by atoms with Crippen LogP contribution in [0, 0.1) is 0 Å². The molecule has 0 aliphatic rings. The van der Waals surface area contributed by atoms with Crippen molar-refractivity contribution in [3.8, 4) is 0 Å². The van der Waals surface area contributed by atoms with Gasteiger partial charge in [-0.05, 0) is 13.3 Å². The molecule has 11 heavy (non-hydrogen) atoms. The van der Waals surface area contributed by atoms with E-state index in [4.69, 9.17) is 0 Å². The molecule has 3 heteroatoms. The van der Waals surface area contributed by atoms with Crippen molar-refractivity contribution in [2.45, 2.75) is 26.7 Å². The number of esters is 2. The van der Waals surface area contributed by atoms with Gasteiger partial charge < -0.3 is 4.74 Å². The van der Waals surface area contributed by atoms with Crippen LogP contribution in [0.3, 0.4) is 0 Å². The third-order valence-electron chi connectivity index (χ3n) is 1.01. The molecule has 0 radical (unpaired) electrons.